The van der Waals surface area contributed by atoms with Crippen molar-refractivity contribution in [2.24, 2.45) is 17.8 Å². The number of aliphatic hydroxyl groups is 1. The van der Waals surface area contributed by atoms with Crippen molar-refractivity contribution in [2.45, 2.75) is 407 Å². The number of hydrogen-bond acceptors (Lipinski definition) is 15. The molecule has 17 nitrogen and oxygen atoms in total. The third kappa shape index (κ3) is 69.0. The van der Waals surface area contributed by atoms with Gasteiger partial charge in [-0.1, -0.05) is 337 Å². The number of phosphoric ester groups is 2. The van der Waals surface area contributed by atoms with Crippen molar-refractivity contribution < 1.29 is 80.2 Å². The lowest BCUT2D eigenvalue weighted by Crippen LogP contribution is -2.30. The van der Waals surface area contributed by atoms with Gasteiger partial charge in [-0.2, -0.15) is 0 Å². The summed E-state index contributed by atoms with van der Waals surface area (Å²) in [4.78, 5) is 72.7. The minimum atomic E-state index is -4.96. The van der Waals surface area contributed by atoms with Crippen LogP contribution in [0, 0.1) is 17.8 Å². The Kier molecular flexibility index (Phi) is 65.2. The second-order valence-electron chi connectivity index (χ2n) is 28.6. The number of ether oxygens (including phenoxy) is 4. The van der Waals surface area contributed by atoms with E-state index in [-0.39, 0.29) is 25.7 Å². The number of hydrogen-bond donors (Lipinski definition) is 3. The van der Waals surface area contributed by atoms with Crippen LogP contribution >= 0.6 is 15.6 Å². The molecule has 0 aliphatic rings. The highest BCUT2D eigenvalue weighted by Gasteiger charge is 2.30. The standard InChI is InChI=1S/C76H148O17P2/c1-8-10-11-12-13-14-29-36-43-50-57-73(78)86-64-72(93-76(81)60-53-46-39-32-34-41-48-55-68(5)6)66-91-95(84,85)89-62-70(77)61-88-94(82,83)90-65-71(63-87-74(79)58-51-44-37-30-25-21-17-15-19-23-27-33-40-47-54-67(3)4)92-75(80)59-52-45-38-31-26-22-18-16-20-24-28-35-42-49-56-69(7)9-2/h67-72,77H,8-66H2,1-7H3,(H,82,83)(H,84,85)/t69?,70-,71-,72-/m1/s1. The molecule has 95 heavy (non-hydrogen) atoms. The fourth-order valence-corrected chi connectivity index (χ4v) is 13.1. The molecule has 0 saturated heterocycles. The van der Waals surface area contributed by atoms with E-state index < -0.39 is 97.5 Å². The minimum absolute atomic E-state index is 0.104. The molecule has 0 aromatic carbocycles. The molecule has 0 aromatic rings. The molecular weight excluding hydrogens is 1250 g/mol. The summed E-state index contributed by atoms with van der Waals surface area (Å²) in [5, 5.41) is 10.6. The van der Waals surface area contributed by atoms with E-state index in [9.17, 15) is 43.2 Å². The molecule has 0 fully saturated rings. The predicted molar refractivity (Wildman–Crippen MR) is 386 cm³/mol. The normalized spacial score (nSPS) is 14.4. The first kappa shape index (κ1) is 93.1. The fraction of sp³-hybridized carbons (Fsp3) is 0.947. The molecule has 6 atom stereocenters. The zero-order chi connectivity index (χ0) is 70.1. The van der Waals surface area contributed by atoms with Crippen molar-refractivity contribution in [1.29, 1.82) is 0 Å². The molecule has 0 aliphatic heterocycles. The van der Waals surface area contributed by atoms with Gasteiger partial charge in [0.2, 0.25) is 0 Å². The lowest BCUT2D eigenvalue weighted by molar-refractivity contribution is -0.161. The molecule has 19 heteroatoms. The Bertz CT molecular complexity index is 1850. The van der Waals surface area contributed by atoms with E-state index in [0.29, 0.717) is 31.6 Å². The summed E-state index contributed by atoms with van der Waals surface area (Å²) in [5.41, 5.74) is 0. The monoisotopic (exact) mass is 1400 g/mol. The summed E-state index contributed by atoms with van der Waals surface area (Å²) >= 11 is 0. The van der Waals surface area contributed by atoms with Crippen molar-refractivity contribution in [1.82, 2.24) is 0 Å². The Labute approximate surface area is 581 Å². The van der Waals surface area contributed by atoms with Crippen molar-refractivity contribution in [2.75, 3.05) is 39.6 Å². The number of aliphatic hydroxyl groups excluding tert-OH is 1. The zero-order valence-corrected chi connectivity index (χ0v) is 63.9. The Morgan fingerprint density at radius 1 is 0.305 bits per heavy atom. The summed E-state index contributed by atoms with van der Waals surface area (Å²) in [7, 11) is -9.91. The summed E-state index contributed by atoms with van der Waals surface area (Å²) in [6.07, 6.45) is 52.7. The lowest BCUT2D eigenvalue weighted by atomic mass is 9.99. The summed E-state index contributed by atoms with van der Waals surface area (Å²) in [6.45, 7) is 11.9. The molecule has 0 spiro atoms. The molecule has 564 valence electrons. The molecule has 0 heterocycles. The molecule has 0 aromatic heterocycles. The van der Waals surface area contributed by atoms with E-state index in [1.807, 2.05) is 0 Å². The van der Waals surface area contributed by atoms with Crippen LogP contribution in [0.2, 0.25) is 0 Å². The Hall–Kier alpha value is -1.94. The largest absolute Gasteiger partial charge is 0.472 e. The van der Waals surface area contributed by atoms with Gasteiger partial charge < -0.3 is 33.8 Å². The molecule has 0 radical (unpaired) electrons. The molecule has 0 aliphatic carbocycles. The highest BCUT2D eigenvalue weighted by molar-refractivity contribution is 7.47. The van der Waals surface area contributed by atoms with Crippen LogP contribution in [0.1, 0.15) is 389 Å². The number of phosphoric acid groups is 2. The van der Waals surface area contributed by atoms with Crippen LogP contribution in [-0.2, 0) is 65.4 Å². The van der Waals surface area contributed by atoms with Crippen LogP contribution < -0.4 is 0 Å². The fourth-order valence-electron chi connectivity index (χ4n) is 11.6. The van der Waals surface area contributed by atoms with Gasteiger partial charge in [0.1, 0.15) is 19.3 Å². The van der Waals surface area contributed by atoms with E-state index in [2.05, 4.69) is 48.5 Å². The van der Waals surface area contributed by atoms with Crippen LogP contribution in [0.15, 0.2) is 0 Å². The maximum absolute atomic E-state index is 13.1. The van der Waals surface area contributed by atoms with E-state index in [1.54, 1.807) is 0 Å². The molecular formula is C76H148O17P2. The van der Waals surface area contributed by atoms with Crippen LogP contribution in [0.4, 0.5) is 0 Å². The molecule has 3 unspecified atom stereocenters. The lowest BCUT2D eigenvalue weighted by Gasteiger charge is -2.21. The number of rotatable bonds is 74. The topological polar surface area (TPSA) is 237 Å². The zero-order valence-electron chi connectivity index (χ0n) is 62.1. The number of unbranched alkanes of at least 4 members (excludes halogenated alkanes) is 41. The minimum Gasteiger partial charge on any atom is -0.462 e. The molecule has 0 saturated carbocycles. The first-order valence-corrected chi connectivity index (χ1v) is 42.4. The van der Waals surface area contributed by atoms with Gasteiger partial charge in [0, 0.05) is 25.7 Å². The Morgan fingerprint density at radius 3 is 0.800 bits per heavy atom. The maximum atomic E-state index is 13.1. The third-order valence-electron chi connectivity index (χ3n) is 18.0. The number of carbonyl (C=O) groups is 4. The molecule has 0 amide bonds. The highest BCUT2D eigenvalue weighted by atomic mass is 31.2. The van der Waals surface area contributed by atoms with Gasteiger partial charge in [-0.3, -0.25) is 37.3 Å². The Balaban J connectivity index is 5.22. The Morgan fingerprint density at radius 2 is 0.537 bits per heavy atom. The first-order chi connectivity index (χ1) is 45.8. The van der Waals surface area contributed by atoms with Gasteiger partial charge in [-0.25, -0.2) is 9.13 Å². The van der Waals surface area contributed by atoms with E-state index in [1.165, 1.54) is 199 Å². The average Bonchev–Trinajstić information content (AvgIpc) is 3.23. The van der Waals surface area contributed by atoms with Gasteiger partial charge >= 0.3 is 39.5 Å². The summed E-state index contributed by atoms with van der Waals surface area (Å²) in [5.74, 6) is 0.221. The van der Waals surface area contributed by atoms with Crippen LogP contribution in [0.25, 0.3) is 0 Å². The van der Waals surface area contributed by atoms with Gasteiger partial charge in [0.25, 0.3) is 0 Å². The quantitative estimate of drug-likeness (QED) is 0.0222. The van der Waals surface area contributed by atoms with Crippen molar-refractivity contribution in [3.8, 4) is 0 Å². The summed E-state index contributed by atoms with van der Waals surface area (Å²) in [6, 6.07) is 0. The van der Waals surface area contributed by atoms with Crippen molar-refractivity contribution in [3.05, 3.63) is 0 Å². The van der Waals surface area contributed by atoms with Crippen LogP contribution in [-0.4, -0.2) is 96.7 Å². The van der Waals surface area contributed by atoms with E-state index in [4.69, 9.17) is 37.0 Å². The van der Waals surface area contributed by atoms with E-state index >= 15 is 0 Å². The number of esters is 4. The second-order valence-corrected chi connectivity index (χ2v) is 31.5. The number of carbonyl (C=O) groups excluding carboxylic acids is 4. The van der Waals surface area contributed by atoms with Crippen molar-refractivity contribution >= 4 is 39.5 Å². The van der Waals surface area contributed by atoms with Crippen LogP contribution in [0.3, 0.4) is 0 Å². The van der Waals surface area contributed by atoms with E-state index in [0.717, 1.165) is 102 Å². The average molecular weight is 1400 g/mol. The predicted octanol–water partition coefficient (Wildman–Crippen LogP) is 22.2. The van der Waals surface area contributed by atoms with Crippen molar-refractivity contribution in [3.63, 3.8) is 0 Å². The maximum Gasteiger partial charge on any atom is 0.472 e. The third-order valence-corrected chi connectivity index (χ3v) is 19.9. The van der Waals surface area contributed by atoms with Gasteiger partial charge in [0.05, 0.1) is 26.4 Å². The highest BCUT2D eigenvalue weighted by Crippen LogP contribution is 2.45. The van der Waals surface area contributed by atoms with Gasteiger partial charge in [-0.05, 0) is 43.4 Å². The van der Waals surface area contributed by atoms with Crippen LogP contribution in [0.5, 0.6) is 0 Å². The molecule has 3 N–H and O–H groups in total. The molecule has 0 bridgehead atoms. The first-order valence-electron chi connectivity index (χ1n) is 39.4. The molecule has 0 rings (SSSR count). The second kappa shape index (κ2) is 66.6. The SMILES string of the molecule is CCCCCCCCCCCCC(=O)OC[C@H](COP(=O)(O)OC[C@H](O)COP(=O)(O)OC[C@@H](COC(=O)CCCCCCCCCCCCCCCCC(C)C)OC(=O)CCCCCCCCCCCCCCCCC(C)CC)OC(=O)CCCCCCCCCC(C)C. The smallest absolute Gasteiger partial charge is 0.462 e. The van der Waals surface area contributed by atoms with Gasteiger partial charge in [0.15, 0.2) is 12.2 Å². The van der Waals surface area contributed by atoms with Gasteiger partial charge in [-0.15, -0.1) is 0 Å². The summed E-state index contributed by atoms with van der Waals surface area (Å²) < 4.78 is 68.5.